The standard InChI is InChI=1S/C13H19F2N3/c1-10(18-6-4-16-5-7-18)9-17-13-3-2-11(14)8-12(13)15/h2-3,8,10,16-17H,4-7,9H2,1H3. The molecule has 2 rings (SSSR count). The third kappa shape index (κ3) is 3.40. The normalized spacial score (nSPS) is 18.6. The maximum absolute atomic E-state index is 13.4. The Morgan fingerprint density at radius 2 is 2.06 bits per heavy atom. The van der Waals surface area contributed by atoms with Crippen molar-refractivity contribution in [1.82, 2.24) is 10.2 Å². The molecule has 1 aliphatic heterocycles. The minimum Gasteiger partial charge on any atom is -0.381 e. The lowest BCUT2D eigenvalue weighted by Crippen LogP contribution is -2.49. The number of halogens is 2. The van der Waals surface area contributed by atoms with Crippen molar-refractivity contribution in [2.75, 3.05) is 38.0 Å². The molecule has 3 nitrogen and oxygen atoms in total. The van der Waals surface area contributed by atoms with E-state index in [1.165, 1.54) is 12.1 Å². The van der Waals surface area contributed by atoms with E-state index in [2.05, 4.69) is 22.5 Å². The van der Waals surface area contributed by atoms with Crippen LogP contribution in [0.2, 0.25) is 0 Å². The van der Waals surface area contributed by atoms with Gasteiger partial charge in [-0.2, -0.15) is 0 Å². The summed E-state index contributed by atoms with van der Waals surface area (Å²) in [6.45, 7) is 6.77. The van der Waals surface area contributed by atoms with E-state index >= 15 is 0 Å². The minimum atomic E-state index is -0.548. The van der Waals surface area contributed by atoms with Gasteiger partial charge >= 0.3 is 0 Å². The first kappa shape index (κ1) is 13.2. The lowest BCUT2D eigenvalue weighted by Gasteiger charge is -2.33. The van der Waals surface area contributed by atoms with Crippen molar-refractivity contribution in [3.63, 3.8) is 0 Å². The smallest absolute Gasteiger partial charge is 0.149 e. The van der Waals surface area contributed by atoms with Crippen LogP contribution in [0, 0.1) is 11.6 Å². The number of hydrogen-bond acceptors (Lipinski definition) is 3. The molecule has 5 heteroatoms. The quantitative estimate of drug-likeness (QED) is 0.857. The van der Waals surface area contributed by atoms with Gasteiger partial charge in [0.1, 0.15) is 11.6 Å². The number of benzene rings is 1. The minimum absolute atomic E-state index is 0.330. The van der Waals surface area contributed by atoms with Crippen molar-refractivity contribution in [1.29, 1.82) is 0 Å². The molecule has 0 spiro atoms. The number of anilines is 1. The average Bonchev–Trinajstić information content (AvgIpc) is 2.38. The van der Waals surface area contributed by atoms with Gasteiger partial charge in [-0.15, -0.1) is 0 Å². The summed E-state index contributed by atoms with van der Waals surface area (Å²) in [6, 6.07) is 3.94. The summed E-state index contributed by atoms with van der Waals surface area (Å²) in [5, 5.41) is 6.33. The van der Waals surface area contributed by atoms with Crippen LogP contribution in [0.3, 0.4) is 0 Å². The summed E-state index contributed by atoms with van der Waals surface area (Å²) >= 11 is 0. The van der Waals surface area contributed by atoms with Crippen LogP contribution in [0.5, 0.6) is 0 Å². The molecule has 0 saturated carbocycles. The molecule has 0 aromatic heterocycles. The van der Waals surface area contributed by atoms with Crippen LogP contribution in [0.4, 0.5) is 14.5 Å². The Hall–Kier alpha value is -1.20. The number of nitrogens with zero attached hydrogens (tertiary/aromatic N) is 1. The van der Waals surface area contributed by atoms with Crippen molar-refractivity contribution in [3.8, 4) is 0 Å². The molecule has 1 heterocycles. The monoisotopic (exact) mass is 255 g/mol. The highest BCUT2D eigenvalue weighted by molar-refractivity contribution is 5.44. The van der Waals surface area contributed by atoms with E-state index in [-0.39, 0.29) is 0 Å². The molecule has 1 fully saturated rings. The molecular formula is C13H19F2N3. The third-order valence-electron chi connectivity index (χ3n) is 3.29. The predicted octanol–water partition coefficient (Wildman–Crippen LogP) is 1.67. The molecular weight excluding hydrogens is 236 g/mol. The maximum Gasteiger partial charge on any atom is 0.149 e. The zero-order chi connectivity index (χ0) is 13.0. The molecule has 1 aliphatic rings. The number of nitrogens with one attached hydrogen (secondary N) is 2. The molecule has 1 atom stereocenters. The zero-order valence-corrected chi connectivity index (χ0v) is 10.5. The molecule has 0 aliphatic carbocycles. The van der Waals surface area contributed by atoms with Crippen molar-refractivity contribution < 1.29 is 8.78 Å². The van der Waals surface area contributed by atoms with Gasteiger partial charge in [0.05, 0.1) is 5.69 Å². The topological polar surface area (TPSA) is 27.3 Å². The molecule has 1 aromatic carbocycles. The summed E-state index contributed by atoms with van der Waals surface area (Å²) in [4.78, 5) is 2.35. The van der Waals surface area contributed by atoms with Crippen molar-refractivity contribution in [3.05, 3.63) is 29.8 Å². The Kier molecular flexibility index (Phi) is 4.49. The van der Waals surface area contributed by atoms with Crippen LogP contribution in [-0.2, 0) is 0 Å². The molecule has 1 aromatic rings. The first-order chi connectivity index (χ1) is 8.66. The SMILES string of the molecule is CC(CNc1ccc(F)cc1F)N1CCNCC1. The van der Waals surface area contributed by atoms with E-state index in [0.717, 1.165) is 32.2 Å². The first-order valence-corrected chi connectivity index (χ1v) is 6.30. The Morgan fingerprint density at radius 1 is 1.33 bits per heavy atom. The van der Waals surface area contributed by atoms with Crippen LogP contribution in [0.1, 0.15) is 6.92 Å². The molecule has 0 amide bonds. The highest BCUT2D eigenvalue weighted by atomic mass is 19.1. The van der Waals surface area contributed by atoms with Crippen LogP contribution in [0.25, 0.3) is 0 Å². The van der Waals surface area contributed by atoms with Gasteiger partial charge in [0.25, 0.3) is 0 Å². The Balaban J connectivity index is 1.86. The van der Waals surface area contributed by atoms with E-state index in [1.807, 2.05) is 0 Å². The fourth-order valence-electron chi connectivity index (χ4n) is 2.14. The number of rotatable bonds is 4. The predicted molar refractivity (Wildman–Crippen MR) is 68.8 cm³/mol. The fourth-order valence-corrected chi connectivity index (χ4v) is 2.14. The van der Waals surface area contributed by atoms with Crippen molar-refractivity contribution in [2.24, 2.45) is 0 Å². The van der Waals surface area contributed by atoms with E-state index in [9.17, 15) is 8.78 Å². The largest absolute Gasteiger partial charge is 0.381 e. The van der Waals surface area contributed by atoms with Crippen molar-refractivity contribution in [2.45, 2.75) is 13.0 Å². The first-order valence-electron chi connectivity index (χ1n) is 6.30. The molecule has 1 saturated heterocycles. The number of hydrogen-bond donors (Lipinski definition) is 2. The summed E-state index contributed by atoms with van der Waals surface area (Å²) in [6.07, 6.45) is 0. The molecule has 2 N–H and O–H groups in total. The second-order valence-electron chi connectivity index (χ2n) is 4.64. The van der Waals surface area contributed by atoms with Gasteiger partial charge in [0.2, 0.25) is 0 Å². The van der Waals surface area contributed by atoms with Gasteiger partial charge in [-0.25, -0.2) is 8.78 Å². The average molecular weight is 255 g/mol. The maximum atomic E-state index is 13.4. The van der Waals surface area contributed by atoms with Crippen LogP contribution < -0.4 is 10.6 Å². The van der Waals surface area contributed by atoms with Crippen molar-refractivity contribution >= 4 is 5.69 Å². The summed E-state index contributed by atoms with van der Waals surface area (Å²) in [5.74, 6) is -1.09. The lowest BCUT2D eigenvalue weighted by atomic mass is 10.2. The highest BCUT2D eigenvalue weighted by Crippen LogP contribution is 2.15. The molecule has 100 valence electrons. The summed E-state index contributed by atoms with van der Waals surface area (Å²) < 4.78 is 26.2. The second-order valence-corrected chi connectivity index (χ2v) is 4.64. The Morgan fingerprint density at radius 3 is 2.72 bits per heavy atom. The lowest BCUT2D eigenvalue weighted by molar-refractivity contribution is 0.191. The second kappa shape index (κ2) is 6.11. The zero-order valence-electron chi connectivity index (χ0n) is 10.5. The molecule has 18 heavy (non-hydrogen) atoms. The van der Waals surface area contributed by atoms with Gasteiger partial charge < -0.3 is 10.6 Å². The van der Waals surface area contributed by atoms with E-state index in [4.69, 9.17) is 0 Å². The summed E-state index contributed by atoms with van der Waals surface area (Å²) in [5.41, 5.74) is 0.360. The Labute approximate surface area is 106 Å². The fraction of sp³-hybridized carbons (Fsp3) is 0.538. The highest BCUT2D eigenvalue weighted by Gasteiger charge is 2.16. The van der Waals surface area contributed by atoms with Gasteiger partial charge in [0.15, 0.2) is 0 Å². The van der Waals surface area contributed by atoms with Gasteiger partial charge in [0, 0.05) is 44.8 Å². The van der Waals surface area contributed by atoms with E-state index < -0.39 is 11.6 Å². The van der Waals surface area contributed by atoms with Gasteiger partial charge in [-0.1, -0.05) is 0 Å². The van der Waals surface area contributed by atoms with Gasteiger partial charge in [-0.3, -0.25) is 4.90 Å². The van der Waals surface area contributed by atoms with Gasteiger partial charge in [-0.05, 0) is 19.1 Å². The summed E-state index contributed by atoms with van der Waals surface area (Å²) in [7, 11) is 0. The van der Waals surface area contributed by atoms with E-state index in [1.54, 1.807) is 0 Å². The van der Waals surface area contributed by atoms with Crippen LogP contribution >= 0.6 is 0 Å². The Bertz CT molecular complexity index is 392. The van der Waals surface area contributed by atoms with Crippen LogP contribution in [-0.4, -0.2) is 43.7 Å². The van der Waals surface area contributed by atoms with E-state index in [0.29, 0.717) is 18.3 Å². The molecule has 1 unspecified atom stereocenters. The molecule has 0 bridgehead atoms. The number of piperazine rings is 1. The molecule has 0 radical (unpaired) electrons. The third-order valence-corrected chi connectivity index (χ3v) is 3.29. The van der Waals surface area contributed by atoms with Crippen LogP contribution in [0.15, 0.2) is 18.2 Å².